The molecular formula is C8H6F3N3. The summed E-state index contributed by atoms with van der Waals surface area (Å²) < 4.78 is 37.9. The lowest BCUT2D eigenvalue weighted by atomic mass is 10.1. The van der Waals surface area contributed by atoms with Gasteiger partial charge in [-0.05, 0) is 0 Å². The van der Waals surface area contributed by atoms with E-state index in [1.54, 1.807) is 0 Å². The predicted octanol–water partition coefficient (Wildman–Crippen LogP) is 1.49. The van der Waals surface area contributed by atoms with E-state index >= 15 is 0 Å². The van der Waals surface area contributed by atoms with E-state index in [4.69, 9.17) is 11.0 Å². The van der Waals surface area contributed by atoms with Gasteiger partial charge < -0.3 is 5.73 Å². The minimum Gasteiger partial charge on any atom is -0.325 e. The van der Waals surface area contributed by atoms with Crippen molar-refractivity contribution >= 4 is 0 Å². The number of halogens is 3. The number of aromatic nitrogens is 1. The van der Waals surface area contributed by atoms with Crippen molar-refractivity contribution in [3.05, 3.63) is 28.8 Å². The molecule has 1 aromatic heterocycles. The topological polar surface area (TPSA) is 62.7 Å². The maximum absolute atomic E-state index is 13.2. The second kappa shape index (κ2) is 4.07. The molecule has 0 aromatic carbocycles. The summed E-state index contributed by atoms with van der Waals surface area (Å²) in [6, 6.07) is 1.43. The Kier molecular flexibility index (Phi) is 3.04. The number of alkyl halides is 2. The van der Waals surface area contributed by atoms with E-state index in [1.165, 1.54) is 6.07 Å². The Labute approximate surface area is 78.0 Å². The molecule has 0 saturated heterocycles. The molecule has 3 nitrogen and oxygen atoms in total. The molecule has 1 rings (SSSR count). The van der Waals surface area contributed by atoms with Crippen LogP contribution in [0.3, 0.4) is 0 Å². The monoisotopic (exact) mass is 201 g/mol. The van der Waals surface area contributed by atoms with E-state index in [0.29, 0.717) is 0 Å². The van der Waals surface area contributed by atoms with Crippen LogP contribution in [0.15, 0.2) is 6.20 Å². The molecule has 0 amide bonds. The summed E-state index contributed by atoms with van der Waals surface area (Å²) in [6.07, 6.45) is -2.13. The van der Waals surface area contributed by atoms with Gasteiger partial charge in [-0.2, -0.15) is 5.26 Å². The first-order chi connectivity index (χ1) is 6.61. The van der Waals surface area contributed by atoms with E-state index in [9.17, 15) is 13.2 Å². The molecule has 14 heavy (non-hydrogen) atoms. The Morgan fingerprint density at radius 1 is 1.57 bits per heavy atom. The summed E-state index contributed by atoms with van der Waals surface area (Å²) in [5, 5.41) is 8.38. The van der Waals surface area contributed by atoms with Crippen molar-refractivity contribution in [2.24, 2.45) is 5.73 Å². The van der Waals surface area contributed by atoms with Gasteiger partial charge in [0.1, 0.15) is 11.6 Å². The third-order valence-electron chi connectivity index (χ3n) is 1.67. The van der Waals surface area contributed by atoms with Crippen molar-refractivity contribution < 1.29 is 13.2 Å². The average molecular weight is 201 g/mol. The fourth-order valence-corrected chi connectivity index (χ4v) is 1.00. The lowest BCUT2D eigenvalue weighted by Crippen LogP contribution is -2.08. The SMILES string of the molecule is N#Cc1cnc(CN)c(C(F)F)c1F. The lowest BCUT2D eigenvalue weighted by Gasteiger charge is -2.07. The van der Waals surface area contributed by atoms with Crippen molar-refractivity contribution in [1.82, 2.24) is 4.98 Å². The highest BCUT2D eigenvalue weighted by atomic mass is 19.3. The van der Waals surface area contributed by atoms with Gasteiger partial charge >= 0.3 is 0 Å². The van der Waals surface area contributed by atoms with Gasteiger partial charge in [0.15, 0.2) is 5.82 Å². The fraction of sp³-hybridized carbons (Fsp3) is 0.250. The van der Waals surface area contributed by atoms with E-state index in [0.717, 1.165) is 6.20 Å². The number of nitrogens with two attached hydrogens (primary N) is 1. The third kappa shape index (κ3) is 1.67. The zero-order valence-electron chi connectivity index (χ0n) is 6.97. The molecule has 0 fully saturated rings. The van der Waals surface area contributed by atoms with Crippen LogP contribution in [0, 0.1) is 17.1 Å². The normalized spacial score (nSPS) is 10.3. The molecule has 0 atom stereocenters. The Morgan fingerprint density at radius 3 is 2.64 bits per heavy atom. The van der Waals surface area contributed by atoms with Crippen LogP contribution in [0.5, 0.6) is 0 Å². The van der Waals surface area contributed by atoms with Crippen molar-refractivity contribution in [3.63, 3.8) is 0 Å². The highest BCUT2D eigenvalue weighted by Crippen LogP contribution is 2.26. The molecule has 6 heteroatoms. The molecule has 0 saturated carbocycles. The molecule has 0 aliphatic heterocycles. The summed E-state index contributed by atoms with van der Waals surface area (Å²) >= 11 is 0. The zero-order valence-corrected chi connectivity index (χ0v) is 6.97. The lowest BCUT2D eigenvalue weighted by molar-refractivity contribution is 0.144. The molecule has 0 radical (unpaired) electrons. The highest BCUT2D eigenvalue weighted by Gasteiger charge is 2.21. The minimum atomic E-state index is -3.02. The Hall–Kier alpha value is -1.61. The Balaban J connectivity index is 3.41. The number of nitriles is 1. The molecule has 0 bridgehead atoms. The Bertz CT molecular complexity index is 384. The standard InChI is InChI=1S/C8H6F3N3/c9-7-4(1-12)3-14-5(2-13)6(7)8(10)11/h3,8H,2,13H2. The maximum atomic E-state index is 13.2. The van der Waals surface area contributed by atoms with Crippen LogP contribution in [-0.4, -0.2) is 4.98 Å². The van der Waals surface area contributed by atoms with Gasteiger partial charge in [-0.3, -0.25) is 4.98 Å². The van der Waals surface area contributed by atoms with Crippen LogP contribution in [0.25, 0.3) is 0 Å². The number of hydrogen-bond acceptors (Lipinski definition) is 3. The second-order valence-corrected chi connectivity index (χ2v) is 2.46. The second-order valence-electron chi connectivity index (χ2n) is 2.46. The highest BCUT2D eigenvalue weighted by molar-refractivity contribution is 5.35. The van der Waals surface area contributed by atoms with E-state index < -0.39 is 23.4 Å². The summed E-state index contributed by atoms with van der Waals surface area (Å²) in [7, 11) is 0. The van der Waals surface area contributed by atoms with Gasteiger partial charge in [0, 0.05) is 12.7 Å². The first-order valence-electron chi connectivity index (χ1n) is 3.67. The van der Waals surface area contributed by atoms with Crippen molar-refractivity contribution in [3.8, 4) is 6.07 Å². The Morgan fingerprint density at radius 2 is 2.21 bits per heavy atom. The van der Waals surface area contributed by atoms with Crippen LogP contribution in [0.2, 0.25) is 0 Å². The van der Waals surface area contributed by atoms with Gasteiger partial charge in [0.05, 0.1) is 11.3 Å². The largest absolute Gasteiger partial charge is 0.325 e. The van der Waals surface area contributed by atoms with E-state index in [2.05, 4.69) is 4.98 Å². The van der Waals surface area contributed by atoms with Gasteiger partial charge in [0.25, 0.3) is 6.43 Å². The first-order valence-corrected chi connectivity index (χ1v) is 3.67. The molecule has 1 aromatic rings. The summed E-state index contributed by atoms with van der Waals surface area (Å²) in [4.78, 5) is 3.48. The smallest absolute Gasteiger partial charge is 0.268 e. The summed E-state index contributed by atoms with van der Waals surface area (Å²) in [6.45, 7) is -0.289. The average Bonchev–Trinajstić information content (AvgIpc) is 2.16. The molecule has 1 heterocycles. The van der Waals surface area contributed by atoms with E-state index in [-0.39, 0.29) is 12.2 Å². The van der Waals surface area contributed by atoms with Crippen molar-refractivity contribution in [2.75, 3.05) is 0 Å². The number of nitrogens with zero attached hydrogens (tertiary/aromatic N) is 2. The maximum Gasteiger partial charge on any atom is 0.268 e. The molecule has 74 valence electrons. The third-order valence-corrected chi connectivity index (χ3v) is 1.67. The van der Waals surface area contributed by atoms with Crippen molar-refractivity contribution in [2.45, 2.75) is 13.0 Å². The van der Waals surface area contributed by atoms with Crippen LogP contribution in [-0.2, 0) is 6.54 Å². The first kappa shape index (κ1) is 10.5. The molecule has 0 aliphatic carbocycles. The quantitative estimate of drug-likeness (QED) is 0.788. The van der Waals surface area contributed by atoms with E-state index in [1.807, 2.05) is 0 Å². The molecular weight excluding hydrogens is 195 g/mol. The zero-order chi connectivity index (χ0) is 10.7. The molecule has 2 N–H and O–H groups in total. The molecule has 0 unspecified atom stereocenters. The number of pyridine rings is 1. The number of hydrogen-bond donors (Lipinski definition) is 1. The summed E-state index contributed by atoms with van der Waals surface area (Å²) in [5.74, 6) is -1.24. The fourth-order valence-electron chi connectivity index (χ4n) is 1.00. The molecule has 0 spiro atoms. The summed E-state index contributed by atoms with van der Waals surface area (Å²) in [5.41, 5.74) is 3.49. The van der Waals surface area contributed by atoms with Crippen LogP contribution >= 0.6 is 0 Å². The van der Waals surface area contributed by atoms with Gasteiger partial charge in [-0.25, -0.2) is 13.2 Å². The molecule has 0 aliphatic rings. The van der Waals surface area contributed by atoms with Crippen LogP contribution in [0.1, 0.15) is 23.2 Å². The van der Waals surface area contributed by atoms with Crippen LogP contribution < -0.4 is 5.73 Å². The van der Waals surface area contributed by atoms with Gasteiger partial charge in [0.2, 0.25) is 0 Å². The van der Waals surface area contributed by atoms with Crippen molar-refractivity contribution in [1.29, 1.82) is 5.26 Å². The minimum absolute atomic E-state index is 0.225. The number of rotatable bonds is 2. The van der Waals surface area contributed by atoms with Gasteiger partial charge in [-0.1, -0.05) is 0 Å². The van der Waals surface area contributed by atoms with Gasteiger partial charge in [-0.15, -0.1) is 0 Å². The van der Waals surface area contributed by atoms with Crippen LogP contribution in [0.4, 0.5) is 13.2 Å². The predicted molar refractivity (Wildman–Crippen MR) is 41.8 cm³/mol.